The predicted octanol–water partition coefficient (Wildman–Crippen LogP) is 1.94. The second-order valence-electron chi connectivity index (χ2n) is 3.82. The van der Waals surface area contributed by atoms with E-state index >= 15 is 0 Å². The largest absolute Gasteiger partial charge is 0.388 e. The molecule has 0 aliphatic heterocycles. The molecule has 0 aliphatic carbocycles. The standard InChI is InChI=1S/C12H13N3S/c1-15(2)9-4-3-8-5-6-14-11(12(13)16)10(8)7-9/h3-7H,1-2H3,(H2,13,16). The molecule has 4 heteroatoms. The number of anilines is 1. The van der Waals surface area contributed by atoms with Gasteiger partial charge in [-0.1, -0.05) is 18.3 Å². The SMILES string of the molecule is CN(C)c1ccc2ccnc(C(N)=S)c2c1. The number of benzene rings is 1. The van der Waals surface area contributed by atoms with Crippen LogP contribution in [-0.4, -0.2) is 24.1 Å². The predicted molar refractivity (Wildman–Crippen MR) is 72.0 cm³/mol. The van der Waals surface area contributed by atoms with E-state index in [-0.39, 0.29) is 0 Å². The maximum atomic E-state index is 5.66. The zero-order valence-electron chi connectivity index (χ0n) is 9.27. The third-order valence-electron chi connectivity index (χ3n) is 2.50. The average Bonchev–Trinajstić information content (AvgIpc) is 2.27. The fraction of sp³-hybridized carbons (Fsp3) is 0.167. The van der Waals surface area contributed by atoms with Gasteiger partial charge in [-0.05, 0) is 23.6 Å². The molecule has 1 aromatic heterocycles. The summed E-state index contributed by atoms with van der Waals surface area (Å²) in [6.45, 7) is 0. The van der Waals surface area contributed by atoms with Gasteiger partial charge in [-0.15, -0.1) is 0 Å². The Kier molecular flexibility index (Phi) is 2.75. The minimum atomic E-state index is 0.335. The van der Waals surface area contributed by atoms with E-state index in [4.69, 9.17) is 18.0 Å². The van der Waals surface area contributed by atoms with Crippen LogP contribution in [-0.2, 0) is 0 Å². The van der Waals surface area contributed by atoms with Gasteiger partial charge in [0.25, 0.3) is 0 Å². The third-order valence-corrected chi connectivity index (χ3v) is 2.69. The molecule has 0 spiro atoms. The molecule has 2 N–H and O–H groups in total. The van der Waals surface area contributed by atoms with Crippen LogP contribution in [0.1, 0.15) is 5.69 Å². The van der Waals surface area contributed by atoms with E-state index in [0.29, 0.717) is 10.7 Å². The summed E-state index contributed by atoms with van der Waals surface area (Å²) in [6.07, 6.45) is 1.73. The first kappa shape index (κ1) is 10.8. The van der Waals surface area contributed by atoms with Crippen molar-refractivity contribution < 1.29 is 0 Å². The lowest BCUT2D eigenvalue weighted by Gasteiger charge is -2.13. The van der Waals surface area contributed by atoms with Crippen molar-refractivity contribution in [3.8, 4) is 0 Å². The Hall–Kier alpha value is -1.68. The van der Waals surface area contributed by atoms with Crippen LogP contribution < -0.4 is 10.6 Å². The van der Waals surface area contributed by atoms with Gasteiger partial charge in [0.05, 0.1) is 0 Å². The number of hydrogen-bond donors (Lipinski definition) is 1. The van der Waals surface area contributed by atoms with Crippen LogP contribution in [0.25, 0.3) is 10.8 Å². The van der Waals surface area contributed by atoms with Crippen molar-refractivity contribution in [1.29, 1.82) is 0 Å². The average molecular weight is 231 g/mol. The third kappa shape index (κ3) is 1.84. The minimum absolute atomic E-state index is 0.335. The highest BCUT2D eigenvalue weighted by atomic mass is 32.1. The van der Waals surface area contributed by atoms with Crippen LogP contribution in [0.2, 0.25) is 0 Å². The van der Waals surface area contributed by atoms with E-state index in [1.807, 2.05) is 31.1 Å². The molecule has 0 aliphatic rings. The van der Waals surface area contributed by atoms with E-state index < -0.39 is 0 Å². The van der Waals surface area contributed by atoms with Crippen molar-refractivity contribution in [3.63, 3.8) is 0 Å². The van der Waals surface area contributed by atoms with Crippen LogP contribution in [0.4, 0.5) is 5.69 Å². The molecular weight excluding hydrogens is 218 g/mol. The first-order valence-corrected chi connectivity index (χ1v) is 5.36. The molecule has 1 heterocycles. The highest BCUT2D eigenvalue weighted by Crippen LogP contribution is 2.22. The van der Waals surface area contributed by atoms with Crippen molar-refractivity contribution >= 4 is 33.7 Å². The summed E-state index contributed by atoms with van der Waals surface area (Å²) >= 11 is 5.00. The van der Waals surface area contributed by atoms with Gasteiger partial charge in [0.2, 0.25) is 0 Å². The maximum Gasteiger partial charge on any atom is 0.123 e. The van der Waals surface area contributed by atoms with Crippen LogP contribution >= 0.6 is 12.2 Å². The summed E-state index contributed by atoms with van der Waals surface area (Å²) in [7, 11) is 4.00. The van der Waals surface area contributed by atoms with Crippen LogP contribution in [0.15, 0.2) is 30.5 Å². The molecular formula is C12H13N3S. The van der Waals surface area contributed by atoms with Gasteiger partial charge < -0.3 is 10.6 Å². The van der Waals surface area contributed by atoms with E-state index in [9.17, 15) is 0 Å². The number of hydrogen-bond acceptors (Lipinski definition) is 3. The molecule has 0 saturated heterocycles. The zero-order chi connectivity index (χ0) is 11.7. The number of aromatic nitrogens is 1. The van der Waals surface area contributed by atoms with Gasteiger partial charge in [-0.3, -0.25) is 4.98 Å². The fourth-order valence-corrected chi connectivity index (χ4v) is 1.79. The lowest BCUT2D eigenvalue weighted by molar-refractivity contribution is 1.13. The smallest absolute Gasteiger partial charge is 0.123 e. The first-order valence-electron chi connectivity index (χ1n) is 4.95. The lowest BCUT2D eigenvalue weighted by atomic mass is 10.1. The molecule has 0 bridgehead atoms. The summed E-state index contributed by atoms with van der Waals surface area (Å²) in [5.74, 6) is 0. The molecule has 0 unspecified atom stereocenters. The van der Waals surface area contributed by atoms with Crippen molar-refractivity contribution in [2.45, 2.75) is 0 Å². The number of thiocarbonyl (C=S) groups is 1. The second kappa shape index (κ2) is 4.06. The van der Waals surface area contributed by atoms with E-state index in [2.05, 4.69) is 17.1 Å². The Morgan fingerprint density at radius 1 is 1.31 bits per heavy atom. The summed E-state index contributed by atoms with van der Waals surface area (Å²) in [5, 5.41) is 2.10. The highest BCUT2D eigenvalue weighted by Gasteiger charge is 2.06. The van der Waals surface area contributed by atoms with Crippen LogP contribution in [0.3, 0.4) is 0 Å². The normalized spacial score (nSPS) is 10.4. The molecule has 16 heavy (non-hydrogen) atoms. The molecule has 0 amide bonds. The quantitative estimate of drug-likeness (QED) is 0.802. The van der Waals surface area contributed by atoms with Gasteiger partial charge >= 0.3 is 0 Å². The molecule has 0 fully saturated rings. The molecule has 1 aromatic carbocycles. The maximum absolute atomic E-state index is 5.66. The summed E-state index contributed by atoms with van der Waals surface area (Å²) in [6, 6.07) is 8.12. The Bertz CT molecular complexity index is 549. The Morgan fingerprint density at radius 3 is 2.69 bits per heavy atom. The van der Waals surface area contributed by atoms with Gasteiger partial charge in [-0.25, -0.2) is 0 Å². The van der Waals surface area contributed by atoms with Crippen molar-refractivity contribution in [2.75, 3.05) is 19.0 Å². The molecule has 2 aromatic rings. The lowest BCUT2D eigenvalue weighted by Crippen LogP contribution is -2.13. The fourth-order valence-electron chi connectivity index (χ4n) is 1.63. The molecule has 3 nitrogen and oxygen atoms in total. The minimum Gasteiger partial charge on any atom is -0.388 e. The number of rotatable bonds is 2. The van der Waals surface area contributed by atoms with Crippen LogP contribution in [0, 0.1) is 0 Å². The van der Waals surface area contributed by atoms with Gasteiger partial charge in [0.1, 0.15) is 10.7 Å². The Morgan fingerprint density at radius 2 is 2.06 bits per heavy atom. The monoisotopic (exact) mass is 231 g/mol. The Balaban J connectivity index is 2.73. The van der Waals surface area contributed by atoms with Crippen molar-refractivity contribution in [1.82, 2.24) is 4.98 Å². The van der Waals surface area contributed by atoms with Crippen molar-refractivity contribution in [2.24, 2.45) is 5.73 Å². The molecule has 0 radical (unpaired) electrons. The molecule has 0 atom stereocenters. The number of fused-ring (bicyclic) bond motifs is 1. The summed E-state index contributed by atoms with van der Waals surface area (Å²) in [4.78, 5) is 6.59. The zero-order valence-corrected chi connectivity index (χ0v) is 10.1. The number of pyridine rings is 1. The highest BCUT2D eigenvalue weighted by molar-refractivity contribution is 7.80. The van der Waals surface area contributed by atoms with Crippen LogP contribution in [0.5, 0.6) is 0 Å². The number of nitrogens with two attached hydrogens (primary N) is 1. The van der Waals surface area contributed by atoms with Crippen molar-refractivity contribution in [3.05, 3.63) is 36.2 Å². The van der Waals surface area contributed by atoms with Gasteiger partial charge in [0, 0.05) is 31.4 Å². The molecule has 0 saturated carbocycles. The van der Waals surface area contributed by atoms with Gasteiger partial charge in [-0.2, -0.15) is 0 Å². The topological polar surface area (TPSA) is 42.2 Å². The summed E-state index contributed by atoms with van der Waals surface area (Å²) < 4.78 is 0. The van der Waals surface area contributed by atoms with E-state index in [1.165, 1.54) is 0 Å². The summed E-state index contributed by atoms with van der Waals surface area (Å²) in [5.41, 5.74) is 7.46. The van der Waals surface area contributed by atoms with E-state index in [0.717, 1.165) is 16.5 Å². The Labute approximate surface area is 99.9 Å². The molecule has 82 valence electrons. The number of nitrogens with zero attached hydrogens (tertiary/aromatic N) is 2. The van der Waals surface area contributed by atoms with Gasteiger partial charge in [0.15, 0.2) is 0 Å². The second-order valence-corrected chi connectivity index (χ2v) is 4.26. The van der Waals surface area contributed by atoms with E-state index in [1.54, 1.807) is 6.20 Å². The molecule has 2 rings (SSSR count). The first-order chi connectivity index (χ1) is 7.59.